The quantitative estimate of drug-likeness (QED) is 0.828. The maximum absolute atomic E-state index is 12.3. The molecule has 0 aliphatic heterocycles. The van der Waals surface area contributed by atoms with Crippen LogP contribution < -0.4 is 0 Å². The first-order valence-corrected chi connectivity index (χ1v) is 5.68. The highest BCUT2D eigenvalue weighted by molar-refractivity contribution is 6.12. The molecule has 0 fully saturated rings. The Balaban J connectivity index is 2.60. The normalized spacial score (nSPS) is 10.2. The van der Waals surface area contributed by atoms with Crippen molar-refractivity contribution in [1.29, 1.82) is 0 Å². The molecule has 0 amide bonds. The summed E-state index contributed by atoms with van der Waals surface area (Å²) in [4.78, 5) is 23.4. The van der Waals surface area contributed by atoms with E-state index in [1.165, 1.54) is 19.1 Å². The predicted molar refractivity (Wildman–Crippen MR) is 69.7 cm³/mol. The maximum Gasteiger partial charge on any atom is 0.335 e. The molecule has 0 spiro atoms. The van der Waals surface area contributed by atoms with Crippen molar-refractivity contribution in [1.82, 2.24) is 0 Å². The van der Waals surface area contributed by atoms with Gasteiger partial charge >= 0.3 is 5.97 Å². The van der Waals surface area contributed by atoms with Crippen molar-refractivity contribution in [2.24, 2.45) is 0 Å². The van der Waals surface area contributed by atoms with Gasteiger partial charge in [0.25, 0.3) is 0 Å². The lowest BCUT2D eigenvalue weighted by atomic mass is 9.94. The van der Waals surface area contributed by atoms with Crippen molar-refractivity contribution >= 4 is 11.8 Å². The molecular weight excluding hydrogens is 244 g/mol. The number of phenolic OH excluding ortho intramolecular Hbond substituents is 1. The second kappa shape index (κ2) is 4.94. The fraction of sp³-hybridized carbons (Fsp3) is 0.0667. The summed E-state index contributed by atoms with van der Waals surface area (Å²) in [6.07, 6.45) is 0. The number of aromatic hydroxyl groups is 1. The predicted octanol–water partition coefficient (Wildman–Crippen LogP) is 2.63. The Morgan fingerprint density at radius 1 is 1.00 bits per heavy atom. The molecule has 0 bridgehead atoms. The van der Waals surface area contributed by atoms with Crippen molar-refractivity contribution in [3.63, 3.8) is 0 Å². The largest absolute Gasteiger partial charge is 0.507 e. The zero-order chi connectivity index (χ0) is 14.0. The van der Waals surface area contributed by atoms with Gasteiger partial charge < -0.3 is 10.2 Å². The number of carboxylic acids is 1. The summed E-state index contributed by atoms with van der Waals surface area (Å²) in [5, 5.41) is 18.9. The van der Waals surface area contributed by atoms with Gasteiger partial charge in [0.1, 0.15) is 5.75 Å². The minimum Gasteiger partial charge on any atom is -0.507 e. The number of carboxylic acid groups (broad SMARTS) is 1. The molecule has 2 aromatic rings. The van der Waals surface area contributed by atoms with Crippen LogP contribution in [0, 0.1) is 6.92 Å². The van der Waals surface area contributed by atoms with Crippen LogP contribution >= 0.6 is 0 Å². The number of rotatable bonds is 3. The number of benzene rings is 2. The van der Waals surface area contributed by atoms with E-state index >= 15 is 0 Å². The average molecular weight is 256 g/mol. The molecular formula is C15H12O4. The van der Waals surface area contributed by atoms with Crippen molar-refractivity contribution < 1.29 is 19.8 Å². The number of carbonyl (C=O) groups excluding carboxylic acids is 1. The molecule has 0 aliphatic carbocycles. The maximum atomic E-state index is 12.3. The second-order valence-electron chi connectivity index (χ2n) is 4.13. The highest BCUT2D eigenvalue weighted by Gasteiger charge is 2.20. The number of hydrogen-bond donors (Lipinski definition) is 2. The average Bonchev–Trinajstić information content (AvgIpc) is 2.39. The van der Waals surface area contributed by atoms with Gasteiger partial charge in [-0.1, -0.05) is 30.3 Å². The molecule has 0 atom stereocenters. The summed E-state index contributed by atoms with van der Waals surface area (Å²) in [5.41, 5.74) is 0.716. The first kappa shape index (κ1) is 12.8. The van der Waals surface area contributed by atoms with Gasteiger partial charge in [0.2, 0.25) is 0 Å². The Hall–Kier alpha value is -2.62. The molecule has 96 valence electrons. The molecule has 0 aromatic heterocycles. The molecule has 4 nitrogen and oxygen atoms in total. The summed E-state index contributed by atoms with van der Waals surface area (Å²) in [7, 11) is 0. The molecule has 0 unspecified atom stereocenters. The van der Waals surface area contributed by atoms with Gasteiger partial charge in [-0.25, -0.2) is 4.79 Å². The van der Waals surface area contributed by atoms with E-state index in [-0.39, 0.29) is 22.4 Å². The first-order valence-electron chi connectivity index (χ1n) is 5.68. The van der Waals surface area contributed by atoms with E-state index in [1.54, 1.807) is 30.3 Å². The number of carbonyl (C=O) groups is 2. The molecule has 2 rings (SSSR count). The Morgan fingerprint density at radius 2 is 1.63 bits per heavy atom. The molecule has 0 saturated carbocycles. The molecule has 0 saturated heterocycles. The third kappa shape index (κ3) is 2.33. The fourth-order valence-corrected chi connectivity index (χ4v) is 1.95. The van der Waals surface area contributed by atoms with Crippen LogP contribution in [0.3, 0.4) is 0 Å². The van der Waals surface area contributed by atoms with Gasteiger partial charge in [-0.3, -0.25) is 4.79 Å². The zero-order valence-electron chi connectivity index (χ0n) is 10.3. The van der Waals surface area contributed by atoms with E-state index in [4.69, 9.17) is 5.11 Å². The fourth-order valence-electron chi connectivity index (χ4n) is 1.95. The van der Waals surface area contributed by atoms with Crippen LogP contribution in [0.5, 0.6) is 5.75 Å². The second-order valence-corrected chi connectivity index (χ2v) is 4.13. The third-order valence-electron chi connectivity index (χ3n) is 2.94. The van der Waals surface area contributed by atoms with Gasteiger partial charge in [-0.05, 0) is 24.6 Å². The summed E-state index contributed by atoms with van der Waals surface area (Å²) in [6, 6.07) is 10.9. The van der Waals surface area contributed by atoms with Crippen LogP contribution in [-0.2, 0) is 0 Å². The molecule has 0 radical (unpaired) electrons. The number of hydrogen-bond acceptors (Lipinski definition) is 3. The van der Waals surface area contributed by atoms with E-state index in [2.05, 4.69) is 0 Å². The molecule has 19 heavy (non-hydrogen) atoms. The van der Waals surface area contributed by atoms with E-state index in [1.807, 2.05) is 0 Å². The van der Waals surface area contributed by atoms with Gasteiger partial charge in [-0.15, -0.1) is 0 Å². The zero-order valence-corrected chi connectivity index (χ0v) is 10.3. The monoisotopic (exact) mass is 256 g/mol. The van der Waals surface area contributed by atoms with Gasteiger partial charge in [0.05, 0.1) is 11.1 Å². The van der Waals surface area contributed by atoms with Crippen LogP contribution in [-0.4, -0.2) is 22.0 Å². The summed E-state index contributed by atoms with van der Waals surface area (Å²) in [5.74, 6) is -1.73. The van der Waals surface area contributed by atoms with E-state index in [9.17, 15) is 14.7 Å². The summed E-state index contributed by atoms with van der Waals surface area (Å²) < 4.78 is 0. The lowest BCUT2D eigenvalue weighted by Crippen LogP contribution is -2.09. The lowest BCUT2D eigenvalue weighted by Gasteiger charge is -2.10. The minimum atomic E-state index is -1.13. The Kier molecular flexibility index (Phi) is 3.33. The number of phenols is 1. The van der Waals surface area contributed by atoms with Gasteiger partial charge in [0, 0.05) is 5.56 Å². The van der Waals surface area contributed by atoms with Gasteiger partial charge in [0.15, 0.2) is 5.78 Å². The molecule has 4 heteroatoms. The molecule has 0 aliphatic rings. The van der Waals surface area contributed by atoms with E-state index < -0.39 is 11.8 Å². The smallest absolute Gasteiger partial charge is 0.335 e. The van der Waals surface area contributed by atoms with E-state index in [0.717, 1.165) is 0 Å². The van der Waals surface area contributed by atoms with Crippen molar-refractivity contribution in [3.8, 4) is 5.75 Å². The minimum absolute atomic E-state index is 0.0112. The van der Waals surface area contributed by atoms with Crippen LogP contribution in [0.2, 0.25) is 0 Å². The topological polar surface area (TPSA) is 74.6 Å². The third-order valence-corrected chi connectivity index (χ3v) is 2.94. The Labute approximate surface area is 109 Å². The number of aromatic carboxylic acids is 1. The highest BCUT2D eigenvalue weighted by atomic mass is 16.4. The molecule has 2 aromatic carbocycles. The van der Waals surface area contributed by atoms with E-state index in [0.29, 0.717) is 5.56 Å². The van der Waals surface area contributed by atoms with Crippen molar-refractivity contribution in [3.05, 3.63) is 64.7 Å². The Morgan fingerprint density at radius 3 is 2.21 bits per heavy atom. The van der Waals surface area contributed by atoms with Crippen molar-refractivity contribution in [2.45, 2.75) is 6.92 Å². The van der Waals surface area contributed by atoms with Crippen LogP contribution in [0.15, 0.2) is 42.5 Å². The van der Waals surface area contributed by atoms with Crippen LogP contribution in [0.1, 0.15) is 31.8 Å². The standard InChI is InChI=1S/C15H12O4/c1-9-11(15(18)19)7-8-12(16)13(9)14(17)10-5-3-2-4-6-10/h2-8,16H,1H3,(H,18,19). The number of ketones is 1. The lowest BCUT2D eigenvalue weighted by molar-refractivity contribution is 0.0696. The summed E-state index contributed by atoms with van der Waals surface area (Å²) in [6.45, 7) is 1.51. The Bertz CT molecular complexity index is 645. The highest BCUT2D eigenvalue weighted by Crippen LogP contribution is 2.26. The molecule has 2 N–H and O–H groups in total. The first-order chi connectivity index (χ1) is 9.02. The van der Waals surface area contributed by atoms with Crippen LogP contribution in [0.25, 0.3) is 0 Å². The van der Waals surface area contributed by atoms with Crippen LogP contribution in [0.4, 0.5) is 0 Å². The SMILES string of the molecule is Cc1c(C(=O)O)ccc(O)c1C(=O)c1ccccc1. The molecule has 0 heterocycles. The van der Waals surface area contributed by atoms with Gasteiger partial charge in [-0.2, -0.15) is 0 Å². The summed E-state index contributed by atoms with van der Waals surface area (Å²) >= 11 is 0. The van der Waals surface area contributed by atoms with Crippen molar-refractivity contribution in [2.75, 3.05) is 0 Å².